The van der Waals surface area contributed by atoms with Crippen molar-refractivity contribution in [1.29, 1.82) is 0 Å². The van der Waals surface area contributed by atoms with Crippen LogP contribution in [-0.4, -0.2) is 20.2 Å². The van der Waals surface area contributed by atoms with Crippen molar-refractivity contribution in [2.24, 2.45) is 19.1 Å². The highest BCUT2D eigenvalue weighted by atomic mass is 35.5. The molecule has 2 aromatic carbocycles. The molecule has 1 amide bonds. The van der Waals surface area contributed by atoms with E-state index in [9.17, 15) is 9.59 Å². The van der Waals surface area contributed by atoms with E-state index in [4.69, 9.17) is 11.6 Å². The van der Waals surface area contributed by atoms with Crippen molar-refractivity contribution in [1.82, 2.24) is 14.5 Å². The third-order valence-electron chi connectivity index (χ3n) is 4.30. The van der Waals surface area contributed by atoms with Gasteiger partial charge in [0.2, 0.25) is 0 Å². The molecule has 6 nitrogen and oxygen atoms in total. The summed E-state index contributed by atoms with van der Waals surface area (Å²) in [6.45, 7) is 0. The molecule has 0 radical (unpaired) electrons. The van der Waals surface area contributed by atoms with Crippen LogP contribution in [0.1, 0.15) is 5.56 Å². The molecule has 27 heavy (non-hydrogen) atoms. The molecule has 1 aliphatic rings. The second-order valence-electron chi connectivity index (χ2n) is 6.11. The number of aryl methyl sites for hydroxylation is 2. The summed E-state index contributed by atoms with van der Waals surface area (Å²) >= 11 is 7.15. The number of carbonyl (C=O) groups excluding carboxylic acids is 1. The van der Waals surface area contributed by atoms with Gasteiger partial charge in [-0.3, -0.25) is 13.9 Å². The predicted molar refractivity (Wildman–Crippen MR) is 110 cm³/mol. The number of benzene rings is 2. The number of halogens is 1. The molecule has 0 unspecified atom stereocenters. The van der Waals surface area contributed by atoms with Crippen LogP contribution in [0, 0.1) is 0 Å². The van der Waals surface area contributed by atoms with Crippen LogP contribution >= 0.6 is 23.4 Å². The second-order valence-corrected chi connectivity index (χ2v) is 7.57. The number of fused-ring (bicyclic) bond motifs is 1. The van der Waals surface area contributed by atoms with E-state index >= 15 is 0 Å². The molecule has 0 spiro atoms. The van der Waals surface area contributed by atoms with Gasteiger partial charge in [0, 0.05) is 19.1 Å². The fraction of sp³-hybridized carbons (Fsp3) is 0.105. The van der Waals surface area contributed by atoms with Crippen molar-refractivity contribution in [3.8, 4) is 0 Å². The Balaban J connectivity index is 1.65. The Morgan fingerprint density at radius 2 is 1.74 bits per heavy atom. The molecule has 0 saturated carbocycles. The molecule has 2 heterocycles. The first-order valence-electron chi connectivity index (χ1n) is 8.13. The molecule has 1 fully saturated rings. The third kappa shape index (κ3) is 3.31. The van der Waals surface area contributed by atoms with Gasteiger partial charge in [0.05, 0.1) is 21.6 Å². The Labute approximate surface area is 164 Å². The molecule has 0 atom stereocenters. The number of amides is 1. The molecular weight excluding hydrogens is 384 g/mol. The zero-order chi connectivity index (χ0) is 19.1. The number of aromatic nitrogens is 2. The molecule has 1 saturated heterocycles. The smallest absolute Gasteiger partial charge is 0.300 e. The van der Waals surface area contributed by atoms with E-state index in [1.54, 1.807) is 53.6 Å². The van der Waals surface area contributed by atoms with Gasteiger partial charge in [-0.05, 0) is 59.8 Å². The normalized spacial score (nSPS) is 17.2. The van der Waals surface area contributed by atoms with Crippen LogP contribution in [0.3, 0.4) is 0 Å². The summed E-state index contributed by atoms with van der Waals surface area (Å²) < 4.78 is 3.19. The number of imidazole rings is 1. The maximum atomic E-state index is 12.3. The maximum Gasteiger partial charge on any atom is 0.328 e. The van der Waals surface area contributed by atoms with Gasteiger partial charge >= 0.3 is 5.69 Å². The highest BCUT2D eigenvalue weighted by molar-refractivity contribution is 8.18. The van der Waals surface area contributed by atoms with Crippen LogP contribution in [0.2, 0.25) is 5.02 Å². The van der Waals surface area contributed by atoms with Gasteiger partial charge in [-0.1, -0.05) is 17.7 Å². The first-order chi connectivity index (χ1) is 12.9. The lowest BCUT2D eigenvalue weighted by molar-refractivity contribution is -0.115. The highest BCUT2D eigenvalue weighted by Crippen LogP contribution is 2.29. The number of hydrogen-bond donors (Lipinski definition) is 1. The molecule has 1 aromatic heterocycles. The van der Waals surface area contributed by atoms with Crippen molar-refractivity contribution in [2.45, 2.75) is 0 Å². The number of thioether (sulfide) groups is 1. The van der Waals surface area contributed by atoms with E-state index in [1.165, 1.54) is 11.8 Å². The fourth-order valence-corrected chi connectivity index (χ4v) is 3.85. The van der Waals surface area contributed by atoms with Gasteiger partial charge in [0.1, 0.15) is 0 Å². The summed E-state index contributed by atoms with van der Waals surface area (Å²) in [6.07, 6.45) is 1.79. The average molecular weight is 399 g/mol. The molecular formula is C19H15ClN4O2S. The molecule has 4 rings (SSSR count). The van der Waals surface area contributed by atoms with Crippen molar-refractivity contribution in [3.05, 3.63) is 68.4 Å². The lowest BCUT2D eigenvalue weighted by atomic mass is 10.2. The molecule has 8 heteroatoms. The van der Waals surface area contributed by atoms with Crippen LogP contribution in [0.4, 0.5) is 5.69 Å². The average Bonchev–Trinajstić information content (AvgIpc) is 3.10. The minimum Gasteiger partial charge on any atom is -0.300 e. The Morgan fingerprint density at radius 1 is 1.04 bits per heavy atom. The number of amidine groups is 1. The summed E-state index contributed by atoms with van der Waals surface area (Å²) in [5, 5.41) is 3.91. The van der Waals surface area contributed by atoms with Crippen molar-refractivity contribution in [2.75, 3.05) is 0 Å². The van der Waals surface area contributed by atoms with Gasteiger partial charge in [-0.2, -0.15) is 0 Å². The number of hydrogen-bond acceptors (Lipinski definition) is 4. The Bertz CT molecular complexity index is 1190. The van der Waals surface area contributed by atoms with Crippen LogP contribution in [-0.2, 0) is 18.9 Å². The summed E-state index contributed by atoms with van der Waals surface area (Å²) in [6, 6.07) is 12.7. The number of carbonyl (C=O) groups is 1. The van der Waals surface area contributed by atoms with E-state index in [1.807, 2.05) is 18.2 Å². The van der Waals surface area contributed by atoms with Gasteiger partial charge in [-0.15, -0.1) is 0 Å². The SMILES string of the molecule is Cn1c(=O)n(C)c2cc(/C=C3\SC(=Nc4ccc(Cl)cc4)NC3=O)ccc21. The molecule has 0 aliphatic carbocycles. The summed E-state index contributed by atoms with van der Waals surface area (Å²) in [7, 11) is 3.47. The number of nitrogens with zero attached hydrogens (tertiary/aromatic N) is 3. The van der Waals surface area contributed by atoms with Gasteiger partial charge in [-0.25, -0.2) is 9.79 Å². The van der Waals surface area contributed by atoms with Crippen LogP contribution in [0.5, 0.6) is 0 Å². The van der Waals surface area contributed by atoms with Gasteiger partial charge in [0.15, 0.2) is 5.17 Å². The molecule has 136 valence electrons. The monoisotopic (exact) mass is 398 g/mol. The van der Waals surface area contributed by atoms with E-state index in [0.29, 0.717) is 20.8 Å². The maximum absolute atomic E-state index is 12.3. The Kier molecular flexibility index (Phi) is 4.41. The van der Waals surface area contributed by atoms with Crippen molar-refractivity contribution >= 4 is 57.2 Å². The molecule has 0 bridgehead atoms. The lowest BCUT2D eigenvalue weighted by Crippen LogP contribution is -2.19. The molecule has 1 aliphatic heterocycles. The van der Waals surface area contributed by atoms with E-state index in [-0.39, 0.29) is 11.6 Å². The van der Waals surface area contributed by atoms with E-state index in [2.05, 4.69) is 10.3 Å². The van der Waals surface area contributed by atoms with Crippen molar-refractivity contribution < 1.29 is 4.79 Å². The standard InChI is InChI=1S/C19H15ClN4O2S/c1-23-14-8-3-11(9-15(14)24(2)19(23)26)10-16-17(25)22-18(27-16)21-13-6-4-12(20)5-7-13/h3-10H,1-2H3,(H,21,22,25)/b16-10-. The first kappa shape index (κ1) is 17.6. The topological polar surface area (TPSA) is 68.4 Å². The lowest BCUT2D eigenvalue weighted by Gasteiger charge is -1.99. The summed E-state index contributed by atoms with van der Waals surface area (Å²) in [5.74, 6) is -0.199. The van der Waals surface area contributed by atoms with Crippen molar-refractivity contribution in [3.63, 3.8) is 0 Å². The molecule has 1 N–H and O–H groups in total. The molecule has 3 aromatic rings. The number of aliphatic imine (C=N–C) groups is 1. The fourth-order valence-electron chi connectivity index (χ4n) is 2.88. The highest BCUT2D eigenvalue weighted by Gasteiger charge is 2.24. The number of nitrogens with one attached hydrogen (secondary N) is 1. The zero-order valence-corrected chi connectivity index (χ0v) is 16.1. The van der Waals surface area contributed by atoms with Crippen LogP contribution in [0.25, 0.3) is 17.1 Å². The van der Waals surface area contributed by atoms with Crippen LogP contribution < -0.4 is 11.0 Å². The first-order valence-corrected chi connectivity index (χ1v) is 9.32. The summed E-state index contributed by atoms with van der Waals surface area (Å²) in [4.78, 5) is 29.3. The third-order valence-corrected chi connectivity index (χ3v) is 5.46. The minimum atomic E-state index is -0.199. The Morgan fingerprint density at radius 3 is 2.48 bits per heavy atom. The zero-order valence-electron chi connectivity index (χ0n) is 14.6. The largest absolute Gasteiger partial charge is 0.328 e. The van der Waals surface area contributed by atoms with Crippen LogP contribution in [0.15, 0.2) is 57.2 Å². The van der Waals surface area contributed by atoms with E-state index in [0.717, 1.165) is 16.6 Å². The quantitative estimate of drug-likeness (QED) is 0.672. The van der Waals surface area contributed by atoms with Gasteiger partial charge < -0.3 is 5.32 Å². The van der Waals surface area contributed by atoms with E-state index < -0.39 is 0 Å². The second kappa shape index (κ2) is 6.75. The predicted octanol–water partition coefficient (Wildman–Crippen LogP) is 3.42. The Hall–Kier alpha value is -2.77. The minimum absolute atomic E-state index is 0.0832. The number of rotatable bonds is 2. The summed E-state index contributed by atoms with van der Waals surface area (Å²) in [5.41, 5.74) is 3.13. The van der Waals surface area contributed by atoms with Gasteiger partial charge in [0.25, 0.3) is 5.91 Å².